The predicted octanol–water partition coefficient (Wildman–Crippen LogP) is 13.3. The van der Waals surface area contributed by atoms with E-state index >= 15 is 0 Å². The second kappa shape index (κ2) is 19.5. The summed E-state index contributed by atoms with van der Waals surface area (Å²) in [5.74, 6) is 3.89. The Morgan fingerprint density at radius 3 is 2.02 bits per heavy atom. The molecule has 0 amide bonds. The molecule has 2 aliphatic rings. The van der Waals surface area contributed by atoms with E-state index in [2.05, 4.69) is 100 Å². The molecule has 0 unspecified atom stereocenters. The molecule has 0 bridgehead atoms. The number of hydrogen-bond donors (Lipinski definition) is 0. The topological polar surface area (TPSA) is 77.3 Å². The second-order valence-electron chi connectivity index (χ2n) is 14.6. The van der Waals surface area contributed by atoms with Crippen molar-refractivity contribution >= 4 is 16.7 Å². The van der Waals surface area contributed by atoms with Crippen molar-refractivity contribution in [2.24, 2.45) is 0 Å². The van der Waals surface area contributed by atoms with Crippen LogP contribution in [0.5, 0.6) is 0 Å². The average Bonchev–Trinajstić information content (AvgIpc) is 3.69. The molecule has 0 N–H and O–H groups in total. The molecule has 0 spiro atoms. The van der Waals surface area contributed by atoms with Gasteiger partial charge in [-0.15, -0.1) is 0 Å². The molecule has 0 aliphatic heterocycles. The highest BCUT2D eigenvalue weighted by Gasteiger charge is 2.18. The van der Waals surface area contributed by atoms with E-state index in [0.717, 1.165) is 64.7 Å². The van der Waals surface area contributed by atoms with Gasteiger partial charge in [0.25, 0.3) is 0 Å². The highest BCUT2D eigenvalue weighted by molar-refractivity contribution is 5.77. The third kappa shape index (κ3) is 9.97. The first kappa shape index (κ1) is 40.3. The normalized spacial score (nSPS) is 14.8. The molecule has 2 aliphatic carbocycles. The molecule has 0 fully saturated rings. The molecular formula is C53H50N6. The van der Waals surface area contributed by atoms with E-state index in [1.54, 1.807) is 6.08 Å². The van der Waals surface area contributed by atoms with E-state index < -0.39 is 0 Å². The maximum atomic E-state index is 5.05. The van der Waals surface area contributed by atoms with Gasteiger partial charge in [0.1, 0.15) is 0 Å². The largest absolute Gasteiger partial charge is 0.209 e. The lowest BCUT2D eigenvalue weighted by molar-refractivity contribution is 0.788. The Balaban J connectivity index is 1.27. The first-order valence-electron chi connectivity index (χ1n) is 20.5. The molecule has 7 rings (SSSR count). The van der Waals surface area contributed by atoms with Gasteiger partial charge >= 0.3 is 0 Å². The molecular weight excluding hydrogens is 721 g/mol. The average molecular weight is 771 g/mol. The van der Waals surface area contributed by atoms with Gasteiger partial charge in [-0.2, -0.15) is 0 Å². The van der Waals surface area contributed by atoms with Crippen LogP contribution in [-0.2, 0) is 0 Å². The first-order valence-corrected chi connectivity index (χ1v) is 20.5. The van der Waals surface area contributed by atoms with E-state index in [0.29, 0.717) is 41.4 Å². The van der Waals surface area contributed by atoms with Gasteiger partial charge in [-0.3, -0.25) is 0 Å². The van der Waals surface area contributed by atoms with Crippen molar-refractivity contribution in [2.45, 2.75) is 59.8 Å². The summed E-state index contributed by atoms with van der Waals surface area (Å²) in [6.45, 7) is 12.5. The van der Waals surface area contributed by atoms with Crippen molar-refractivity contribution in [3.63, 3.8) is 0 Å². The minimum absolute atomic E-state index is 0.604. The second-order valence-corrected chi connectivity index (χ2v) is 14.6. The highest BCUT2D eigenvalue weighted by Crippen LogP contribution is 2.33. The predicted molar refractivity (Wildman–Crippen MR) is 246 cm³/mol. The summed E-state index contributed by atoms with van der Waals surface area (Å²) in [7, 11) is 0. The molecule has 6 nitrogen and oxygen atoms in total. The smallest absolute Gasteiger partial charge is 0.164 e. The van der Waals surface area contributed by atoms with Crippen molar-refractivity contribution in [1.82, 2.24) is 29.9 Å². The quantitative estimate of drug-likeness (QED) is 0.111. The summed E-state index contributed by atoms with van der Waals surface area (Å²) < 4.78 is 0. The van der Waals surface area contributed by atoms with Crippen LogP contribution in [0, 0.1) is 6.92 Å². The molecule has 3 aromatic carbocycles. The van der Waals surface area contributed by atoms with E-state index in [9.17, 15) is 0 Å². The van der Waals surface area contributed by atoms with Crippen molar-refractivity contribution in [1.29, 1.82) is 0 Å². The standard InChI is InChI=1S/C53H50N6/c1-6-9-31-47(40-27-18-29-45(35-33-40)52-57-50(43-24-14-11-15-25-43)58-53(59-52)46-30-16-21-37(4)36-46)38(5)39-26-17-28-44(34-32-39)51-55-48(41(19-7-2)20-8-3)54-49(56-51)42-22-12-10-13-23-42/h7-8,10-25,27-28,30,32-36H,2,6,9,26,29,31H2,1,3-5H3/b20-8-,41-19+,47-38-. The zero-order valence-electron chi connectivity index (χ0n) is 34.4. The lowest BCUT2D eigenvalue weighted by Gasteiger charge is -2.15. The van der Waals surface area contributed by atoms with Gasteiger partial charge in [0.2, 0.25) is 0 Å². The fraction of sp³-hybridized carbons (Fsp3) is 0.170. The van der Waals surface area contributed by atoms with Gasteiger partial charge in [0.05, 0.1) is 0 Å². The Morgan fingerprint density at radius 2 is 1.32 bits per heavy atom. The number of rotatable bonds is 13. The van der Waals surface area contributed by atoms with Gasteiger partial charge in [-0.1, -0.05) is 177 Å². The van der Waals surface area contributed by atoms with Crippen LogP contribution in [-0.4, -0.2) is 29.9 Å². The highest BCUT2D eigenvalue weighted by atomic mass is 15.0. The molecule has 5 aromatic rings. The number of aromatic nitrogens is 6. The van der Waals surface area contributed by atoms with E-state index in [1.807, 2.05) is 85.8 Å². The lowest BCUT2D eigenvalue weighted by Crippen LogP contribution is -2.04. The van der Waals surface area contributed by atoms with Crippen LogP contribution in [0.1, 0.15) is 75.9 Å². The number of nitrogens with zero attached hydrogens (tertiary/aromatic N) is 6. The van der Waals surface area contributed by atoms with Crippen LogP contribution >= 0.6 is 0 Å². The van der Waals surface area contributed by atoms with Crippen LogP contribution in [0.4, 0.5) is 0 Å². The zero-order valence-corrected chi connectivity index (χ0v) is 34.4. The van der Waals surface area contributed by atoms with Gasteiger partial charge in [0, 0.05) is 33.4 Å². The van der Waals surface area contributed by atoms with Crippen molar-refractivity contribution in [3.8, 4) is 34.2 Å². The molecule has 0 radical (unpaired) electrons. The lowest BCUT2D eigenvalue weighted by atomic mass is 9.90. The summed E-state index contributed by atoms with van der Waals surface area (Å²) in [5, 5.41) is 0. The molecule has 2 aromatic heterocycles. The van der Waals surface area contributed by atoms with Crippen molar-refractivity contribution in [3.05, 3.63) is 210 Å². The summed E-state index contributed by atoms with van der Waals surface area (Å²) in [4.78, 5) is 29.9. The molecule has 0 atom stereocenters. The summed E-state index contributed by atoms with van der Waals surface area (Å²) >= 11 is 0. The van der Waals surface area contributed by atoms with Crippen LogP contribution in [0.15, 0.2) is 187 Å². The Morgan fingerprint density at radius 1 is 0.678 bits per heavy atom. The number of unbranched alkanes of at least 4 members (excludes halogenated alkanes) is 1. The minimum Gasteiger partial charge on any atom is -0.209 e. The van der Waals surface area contributed by atoms with E-state index in [1.165, 1.54) is 22.3 Å². The van der Waals surface area contributed by atoms with Gasteiger partial charge in [-0.25, -0.2) is 29.9 Å². The van der Waals surface area contributed by atoms with Crippen LogP contribution in [0.25, 0.3) is 50.9 Å². The molecule has 292 valence electrons. The molecule has 59 heavy (non-hydrogen) atoms. The summed E-state index contributed by atoms with van der Waals surface area (Å²) in [6, 6.07) is 28.5. The fourth-order valence-corrected chi connectivity index (χ4v) is 7.15. The fourth-order valence-electron chi connectivity index (χ4n) is 7.15. The number of allylic oxidation sites excluding steroid dienone is 19. The van der Waals surface area contributed by atoms with Crippen LogP contribution in [0.3, 0.4) is 0 Å². The number of hydrogen-bond acceptors (Lipinski definition) is 6. The third-order valence-corrected chi connectivity index (χ3v) is 10.3. The maximum absolute atomic E-state index is 5.05. The first-order chi connectivity index (χ1) is 28.9. The maximum Gasteiger partial charge on any atom is 0.164 e. The Bertz CT molecular complexity index is 2610. The monoisotopic (exact) mass is 770 g/mol. The molecule has 0 saturated heterocycles. The zero-order chi connectivity index (χ0) is 41.0. The molecule has 0 saturated carbocycles. The van der Waals surface area contributed by atoms with Crippen molar-refractivity contribution in [2.75, 3.05) is 0 Å². The summed E-state index contributed by atoms with van der Waals surface area (Å²) in [6.07, 6.45) is 30.0. The molecule has 6 heteroatoms. The number of aryl methyl sites for hydroxylation is 1. The van der Waals surface area contributed by atoms with Crippen molar-refractivity contribution < 1.29 is 0 Å². The SMILES string of the molecule is C=C/C=C(\C=C/C)c1nc(C2=CC=C(/C(C)=C(/CCCC)C3=CC=C(c4nc(-c5ccccc5)nc(-c5cccc(C)c5)n4)CC=C3)CC=C2)nc(-c2ccccc2)n1. The van der Waals surface area contributed by atoms with E-state index in [-0.39, 0.29) is 0 Å². The van der Waals surface area contributed by atoms with Gasteiger partial charge in [-0.05, 0) is 74.8 Å². The Kier molecular flexibility index (Phi) is 13.3. The molecule has 2 heterocycles. The number of benzene rings is 3. The van der Waals surface area contributed by atoms with Crippen LogP contribution < -0.4 is 0 Å². The van der Waals surface area contributed by atoms with Gasteiger partial charge < -0.3 is 0 Å². The Hall–Kier alpha value is -6.92. The van der Waals surface area contributed by atoms with E-state index in [4.69, 9.17) is 29.9 Å². The summed E-state index contributed by atoms with van der Waals surface area (Å²) in [5.41, 5.74) is 12.0. The van der Waals surface area contributed by atoms with Gasteiger partial charge in [0.15, 0.2) is 34.9 Å². The minimum atomic E-state index is 0.604. The van der Waals surface area contributed by atoms with Crippen LogP contribution in [0.2, 0.25) is 0 Å². The third-order valence-electron chi connectivity index (χ3n) is 10.3. The Labute approximate surface area is 349 Å².